The first kappa shape index (κ1) is 83.3. The lowest BCUT2D eigenvalue weighted by Crippen LogP contribution is -2.16. The summed E-state index contributed by atoms with van der Waals surface area (Å²) in [6.45, 7) is 19.0. The van der Waals surface area contributed by atoms with Gasteiger partial charge < -0.3 is 18.3 Å². The molecule has 28 aromatic rings. The van der Waals surface area contributed by atoms with E-state index < -0.39 is 0 Å². The van der Waals surface area contributed by atoms with E-state index in [0.29, 0.717) is 0 Å². The van der Waals surface area contributed by atoms with E-state index >= 15 is 0 Å². The number of nitrogens with zero attached hydrogens (tertiary/aromatic N) is 8. The summed E-state index contributed by atoms with van der Waals surface area (Å²) < 4.78 is 9.93. The average Bonchev–Trinajstić information content (AvgIpc) is 1.53. The maximum atomic E-state index is 4.32. The van der Waals surface area contributed by atoms with Gasteiger partial charge in [0.25, 0.3) is 0 Å². The maximum absolute atomic E-state index is 4.32. The van der Waals surface area contributed by atoms with Crippen molar-refractivity contribution in [3.8, 4) is 67.3 Å². The molecule has 680 valence electrons. The van der Waals surface area contributed by atoms with E-state index in [2.05, 4.69) is 482 Å². The van der Waals surface area contributed by atoms with Crippen LogP contribution in [0.15, 0.2) is 438 Å². The Hall–Kier alpha value is -17.7. The minimum absolute atomic E-state index is 0.0265. The van der Waals surface area contributed by atoms with Gasteiger partial charge in [-0.15, -0.1) is 0 Å². The number of benzene rings is 20. The van der Waals surface area contributed by atoms with Crippen molar-refractivity contribution < 1.29 is 0 Å². The van der Waals surface area contributed by atoms with Gasteiger partial charge in [-0.05, 0) is 264 Å². The summed E-state index contributed by atoms with van der Waals surface area (Å²) in [6.07, 6.45) is 15.3. The second-order valence-electron chi connectivity index (χ2n) is 41.9. The average molecular weight is 1840 g/mol. The van der Waals surface area contributed by atoms with Crippen molar-refractivity contribution in [1.82, 2.24) is 38.2 Å². The lowest BCUT2D eigenvalue weighted by atomic mass is 9.79. The highest BCUT2D eigenvalue weighted by atomic mass is 15.0. The first-order valence-corrected chi connectivity index (χ1v) is 50.2. The molecule has 4 aliphatic rings. The molecule has 144 heavy (non-hydrogen) atoms. The van der Waals surface area contributed by atoms with Gasteiger partial charge in [-0.25, -0.2) is 0 Å². The van der Waals surface area contributed by atoms with Gasteiger partial charge in [0.1, 0.15) is 0 Å². The van der Waals surface area contributed by atoms with E-state index in [1.807, 2.05) is 49.6 Å². The monoisotopic (exact) mass is 1840 g/mol. The van der Waals surface area contributed by atoms with Crippen LogP contribution in [0, 0.1) is 0 Å². The fourth-order valence-corrected chi connectivity index (χ4v) is 26.3. The number of hydrogen-bond acceptors (Lipinski definition) is 4. The fraction of sp³-hybridized carbons (Fsp3) is 0.0882. The summed E-state index contributed by atoms with van der Waals surface area (Å²) in [5.41, 5.74) is 36.7. The van der Waals surface area contributed by atoms with Crippen LogP contribution in [0.2, 0.25) is 0 Å². The van der Waals surface area contributed by atoms with Crippen LogP contribution in [-0.2, 0) is 21.7 Å². The van der Waals surface area contributed by atoms with Gasteiger partial charge in [0.05, 0.1) is 44.1 Å². The normalized spacial score (nSPS) is 14.1. The molecule has 8 aromatic heterocycles. The van der Waals surface area contributed by atoms with Crippen LogP contribution in [0.5, 0.6) is 0 Å². The summed E-state index contributed by atoms with van der Waals surface area (Å²) in [5, 5.41) is 30.4. The van der Waals surface area contributed by atoms with E-state index in [1.165, 1.54) is 264 Å². The Morgan fingerprint density at radius 3 is 1.10 bits per heavy atom. The number of fused-ring (bicyclic) bond motifs is 40. The molecule has 8 heteroatoms. The summed E-state index contributed by atoms with van der Waals surface area (Å²) in [4.78, 5) is 17.3. The summed E-state index contributed by atoms with van der Waals surface area (Å²) in [6, 6.07) is 143. The van der Waals surface area contributed by atoms with Crippen molar-refractivity contribution in [2.75, 3.05) is 0 Å². The molecule has 0 unspecified atom stereocenters. The zero-order chi connectivity index (χ0) is 96.1. The summed E-state index contributed by atoms with van der Waals surface area (Å²) >= 11 is 0. The molecule has 0 saturated heterocycles. The Labute approximate surface area is 832 Å². The molecule has 32 rings (SSSR count). The summed E-state index contributed by atoms with van der Waals surface area (Å²) in [7, 11) is 0. The molecular weight excluding hydrogens is 1750 g/mol. The Morgan fingerprint density at radius 1 is 0.174 bits per heavy atom. The van der Waals surface area contributed by atoms with Gasteiger partial charge in [0, 0.05) is 164 Å². The van der Waals surface area contributed by atoms with E-state index in [1.54, 1.807) is 0 Å². The smallest absolute Gasteiger partial charge is 0.0623 e. The molecule has 0 N–H and O–H groups in total. The molecule has 4 aliphatic carbocycles. The highest BCUT2D eigenvalue weighted by Gasteiger charge is 2.44. The first-order chi connectivity index (χ1) is 70.5. The number of rotatable bonds is 4. The Bertz CT molecular complexity index is 10400. The van der Waals surface area contributed by atoms with Crippen molar-refractivity contribution >= 4 is 173 Å². The van der Waals surface area contributed by atoms with Crippen LogP contribution in [0.1, 0.15) is 99.9 Å². The minimum Gasteiger partial charge on any atom is -0.309 e. The number of aromatic nitrogens is 8. The van der Waals surface area contributed by atoms with E-state index in [4.69, 9.17) is 0 Å². The highest BCUT2D eigenvalue weighted by Crippen LogP contribution is 2.61. The topological polar surface area (TPSA) is 71.3 Å². The van der Waals surface area contributed by atoms with E-state index in [-0.39, 0.29) is 21.7 Å². The second-order valence-corrected chi connectivity index (χ2v) is 41.9. The number of hydrogen-bond donors (Lipinski definition) is 0. The third-order valence-electron chi connectivity index (χ3n) is 32.8. The van der Waals surface area contributed by atoms with Crippen LogP contribution in [-0.4, -0.2) is 38.2 Å². The van der Waals surface area contributed by atoms with E-state index in [0.717, 1.165) is 21.5 Å². The zero-order valence-electron chi connectivity index (χ0n) is 81.1. The van der Waals surface area contributed by atoms with Gasteiger partial charge in [0.2, 0.25) is 0 Å². The lowest BCUT2D eigenvalue weighted by Gasteiger charge is -2.24. The molecule has 20 aromatic carbocycles. The molecule has 0 atom stereocenters. The van der Waals surface area contributed by atoms with Crippen LogP contribution in [0.4, 0.5) is 0 Å². The molecule has 0 saturated carbocycles. The van der Waals surface area contributed by atoms with Crippen LogP contribution in [0.3, 0.4) is 0 Å². The summed E-state index contributed by atoms with van der Waals surface area (Å²) in [5.74, 6) is 0. The molecule has 0 fully saturated rings. The zero-order valence-corrected chi connectivity index (χ0v) is 81.1. The van der Waals surface area contributed by atoms with Crippen LogP contribution < -0.4 is 0 Å². The predicted molar refractivity (Wildman–Crippen MR) is 605 cm³/mol. The molecule has 0 aliphatic heterocycles. The Balaban J connectivity index is 0.0000000913. The SMILES string of the molecule is CC1(C)c2ccccc2-c2c1c1c(c3ccccc23)c2ccccc2n1-c1ccc2cnccc2c1.CC1(C)c2ccccc2-c2c1c1c3ccccc3n(-c3ccc4cnccc4c3)c1c1ccccc21.CC1(C)c2ccccc2-c2cc3c(cc21)c1cc2ccccc2cc1n3-c1ccc2cnccc2c1.CC1(C)c2ccccc2-c2ccc3c4c5ccccc5ccc4n(-c4ccc5cnccc5c4)c3c21. The van der Waals surface area contributed by atoms with Crippen LogP contribution >= 0.6 is 0 Å². The first-order valence-electron chi connectivity index (χ1n) is 50.2. The highest BCUT2D eigenvalue weighted by molar-refractivity contribution is 6.29. The molecule has 0 amide bonds. The Kier molecular flexibility index (Phi) is 17.9. The van der Waals surface area contributed by atoms with Gasteiger partial charge >= 0.3 is 0 Å². The molecular formula is C136H96N8. The predicted octanol–water partition coefficient (Wildman–Crippen LogP) is 35.2. The van der Waals surface area contributed by atoms with Crippen molar-refractivity contribution in [3.63, 3.8) is 0 Å². The standard InChI is InChI=1S/4C34H24N2/c1-34(2)28-13-7-5-11-26(28)30-24-9-3-4-10-25(24)33-31(32(30)34)27-12-6-8-14-29(27)36(33)23-16-15-22-20-35-18-17-21(22)19-23;1-34(2)28-13-7-5-11-26(28)30-24-9-3-4-10-25(24)31-27-12-6-8-14-29(27)36(33(31)32(30)34)23-16-15-22-20-35-18-17-21(22)19-23;1-34(2)29-10-6-5-9-26(29)27-14-15-28-31-25-8-4-3-7-21(25)12-16-30(31)36(33(28)32(27)34)24-13-11-23-20-35-18-17-22(23)19-24;1-34(2)30-10-6-5-9-26(30)27-19-33-29(18-31(27)34)28-16-21-7-3-4-8-22(21)17-32(28)36(33)25-12-11-24-20-35-14-13-23(24)15-25/h4*3-20H,1-2H3. The van der Waals surface area contributed by atoms with Crippen LogP contribution in [0.25, 0.3) is 241 Å². The van der Waals surface area contributed by atoms with Gasteiger partial charge in [-0.2, -0.15) is 0 Å². The van der Waals surface area contributed by atoms with Crippen molar-refractivity contribution in [3.05, 3.63) is 482 Å². The largest absolute Gasteiger partial charge is 0.309 e. The van der Waals surface area contributed by atoms with Crippen molar-refractivity contribution in [2.24, 2.45) is 0 Å². The maximum Gasteiger partial charge on any atom is 0.0623 e. The Morgan fingerprint density at radius 2 is 0.549 bits per heavy atom. The lowest BCUT2D eigenvalue weighted by molar-refractivity contribution is 0.661. The van der Waals surface area contributed by atoms with Gasteiger partial charge in [0.15, 0.2) is 0 Å². The van der Waals surface area contributed by atoms with Crippen molar-refractivity contribution in [1.29, 1.82) is 0 Å². The number of para-hydroxylation sites is 2. The molecule has 0 radical (unpaired) electrons. The van der Waals surface area contributed by atoms with E-state index in [9.17, 15) is 0 Å². The second kappa shape index (κ2) is 30.9. The fourth-order valence-electron chi connectivity index (χ4n) is 26.3. The van der Waals surface area contributed by atoms with Crippen molar-refractivity contribution in [2.45, 2.75) is 77.0 Å². The molecule has 8 nitrogen and oxygen atoms in total. The third kappa shape index (κ3) is 11.9. The number of pyridine rings is 4. The molecule has 8 heterocycles. The molecule has 0 bridgehead atoms. The minimum atomic E-state index is -0.124. The van der Waals surface area contributed by atoms with Gasteiger partial charge in [-0.3, -0.25) is 19.9 Å². The quantitative estimate of drug-likeness (QED) is 0.176. The van der Waals surface area contributed by atoms with Gasteiger partial charge in [-0.1, -0.05) is 328 Å². The third-order valence-corrected chi connectivity index (χ3v) is 32.8. The molecule has 0 spiro atoms.